The fraction of sp³-hybridized carbons (Fsp3) is 0.400. The molecule has 0 bridgehead atoms. The molecule has 1 unspecified atom stereocenters. The molecule has 1 aliphatic heterocycles. The highest BCUT2D eigenvalue weighted by molar-refractivity contribution is 7.12. The van der Waals surface area contributed by atoms with Crippen LogP contribution in [-0.4, -0.2) is 52.7 Å². The minimum atomic E-state index is -0.379. The normalized spacial score (nSPS) is 19.7. The number of amides is 1. The zero-order valence-corrected chi connectivity index (χ0v) is 16.5. The number of carbonyl (C=O) groups is 1. The highest BCUT2D eigenvalue weighted by Gasteiger charge is 2.42. The SMILES string of the molecule is COCCC1(c2noc(-c3ccncc3)n2)CCCN(C(=O)c2cccs2)C1. The largest absolute Gasteiger partial charge is 0.385 e. The molecule has 0 spiro atoms. The molecule has 3 aromatic heterocycles. The van der Waals surface area contributed by atoms with Crippen molar-refractivity contribution in [3.63, 3.8) is 0 Å². The average molecular weight is 398 g/mol. The molecule has 28 heavy (non-hydrogen) atoms. The second kappa shape index (κ2) is 8.20. The summed E-state index contributed by atoms with van der Waals surface area (Å²) in [5, 5.41) is 6.23. The lowest BCUT2D eigenvalue weighted by Crippen LogP contribution is -2.49. The van der Waals surface area contributed by atoms with Crippen molar-refractivity contribution < 1.29 is 14.1 Å². The third-order valence-corrected chi connectivity index (χ3v) is 6.07. The zero-order valence-electron chi connectivity index (χ0n) is 15.7. The van der Waals surface area contributed by atoms with Gasteiger partial charge in [-0.05, 0) is 42.8 Å². The molecule has 1 amide bonds. The number of hydrogen-bond donors (Lipinski definition) is 0. The summed E-state index contributed by atoms with van der Waals surface area (Å²) in [6.07, 6.45) is 5.90. The second-order valence-electron chi connectivity index (χ2n) is 6.99. The monoisotopic (exact) mass is 398 g/mol. The molecule has 4 rings (SSSR count). The second-order valence-corrected chi connectivity index (χ2v) is 7.94. The van der Waals surface area contributed by atoms with Crippen molar-refractivity contribution in [2.75, 3.05) is 26.8 Å². The number of thiophene rings is 1. The topological polar surface area (TPSA) is 81.3 Å². The Morgan fingerprint density at radius 1 is 1.36 bits per heavy atom. The van der Waals surface area contributed by atoms with E-state index in [1.54, 1.807) is 19.5 Å². The van der Waals surface area contributed by atoms with Crippen LogP contribution in [0.3, 0.4) is 0 Å². The highest BCUT2D eigenvalue weighted by Crippen LogP contribution is 2.37. The van der Waals surface area contributed by atoms with Gasteiger partial charge in [0.1, 0.15) is 0 Å². The van der Waals surface area contributed by atoms with Gasteiger partial charge < -0.3 is 14.2 Å². The molecule has 0 aromatic carbocycles. The number of rotatable bonds is 6. The summed E-state index contributed by atoms with van der Waals surface area (Å²) in [6.45, 7) is 1.86. The van der Waals surface area contributed by atoms with Crippen LogP contribution in [0.2, 0.25) is 0 Å². The van der Waals surface area contributed by atoms with Crippen LogP contribution in [0, 0.1) is 0 Å². The Hall–Kier alpha value is -2.58. The van der Waals surface area contributed by atoms with Gasteiger partial charge in [-0.2, -0.15) is 4.98 Å². The van der Waals surface area contributed by atoms with Gasteiger partial charge in [0, 0.05) is 44.8 Å². The van der Waals surface area contributed by atoms with Crippen molar-refractivity contribution in [2.24, 2.45) is 0 Å². The lowest BCUT2D eigenvalue weighted by Gasteiger charge is -2.40. The van der Waals surface area contributed by atoms with E-state index in [0.717, 1.165) is 36.2 Å². The Balaban J connectivity index is 1.63. The molecule has 1 fully saturated rings. The molecule has 1 aliphatic rings. The number of pyridine rings is 1. The summed E-state index contributed by atoms with van der Waals surface area (Å²) in [6, 6.07) is 7.45. The number of likely N-dealkylation sites (tertiary alicyclic amines) is 1. The quantitative estimate of drug-likeness (QED) is 0.633. The molecule has 146 valence electrons. The minimum absolute atomic E-state index is 0.0642. The molecule has 0 saturated carbocycles. The average Bonchev–Trinajstić information content (AvgIpc) is 3.45. The maximum Gasteiger partial charge on any atom is 0.263 e. The van der Waals surface area contributed by atoms with Gasteiger partial charge >= 0.3 is 0 Å². The van der Waals surface area contributed by atoms with E-state index in [9.17, 15) is 4.79 Å². The first-order valence-corrected chi connectivity index (χ1v) is 10.2. The van der Waals surface area contributed by atoms with Crippen molar-refractivity contribution >= 4 is 17.2 Å². The lowest BCUT2D eigenvalue weighted by molar-refractivity contribution is 0.0571. The standard InChI is InChI=1S/C20H22N4O3S/c1-26-12-8-20(19-22-17(27-23-19)15-5-9-21-10-6-15)7-3-11-24(14-20)18(25)16-4-2-13-28-16/h2,4-6,9-10,13H,3,7-8,11-12,14H2,1H3. The van der Waals surface area contributed by atoms with Crippen LogP contribution in [0.4, 0.5) is 0 Å². The smallest absolute Gasteiger partial charge is 0.263 e. The predicted octanol–water partition coefficient (Wildman–Crippen LogP) is 3.40. The van der Waals surface area contributed by atoms with Crippen LogP contribution in [0.1, 0.15) is 34.8 Å². The van der Waals surface area contributed by atoms with Crippen LogP contribution in [0.15, 0.2) is 46.6 Å². The zero-order chi connectivity index (χ0) is 19.4. The summed E-state index contributed by atoms with van der Waals surface area (Å²) in [5.41, 5.74) is 0.452. The van der Waals surface area contributed by atoms with Crippen molar-refractivity contribution in [3.8, 4) is 11.5 Å². The Morgan fingerprint density at radius 3 is 2.96 bits per heavy atom. The number of carbonyl (C=O) groups excluding carboxylic acids is 1. The van der Waals surface area contributed by atoms with Gasteiger partial charge in [0.2, 0.25) is 0 Å². The van der Waals surface area contributed by atoms with Gasteiger partial charge in [-0.3, -0.25) is 9.78 Å². The van der Waals surface area contributed by atoms with E-state index >= 15 is 0 Å². The van der Waals surface area contributed by atoms with Gasteiger partial charge in [-0.1, -0.05) is 11.2 Å². The highest BCUT2D eigenvalue weighted by atomic mass is 32.1. The van der Waals surface area contributed by atoms with E-state index in [0.29, 0.717) is 24.9 Å². The fourth-order valence-electron chi connectivity index (χ4n) is 3.71. The van der Waals surface area contributed by atoms with Crippen molar-refractivity contribution in [2.45, 2.75) is 24.7 Å². The van der Waals surface area contributed by atoms with Crippen LogP contribution >= 0.6 is 11.3 Å². The van der Waals surface area contributed by atoms with E-state index in [4.69, 9.17) is 9.26 Å². The number of hydrogen-bond acceptors (Lipinski definition) is 7. The minimum Gasteiger partial charge on any atom is -0.385 e. The molecule has 8 heteroatoms. The molecule has 7 nitrogen and oxygen atoms in total. The first kappa shape index (κ1) is 18.8. The number of nitrogens with zero attached hydrogens (tertiary/aromatic N) is 4. The van der Waals surface area contributed by atoms with E-state index in [-0.39, 0.29) is 11.3 Å². The molecule has 3 aromatic rings. The summed E-state index contributed by atoms with van der Waals surface area (Å²) >= 11 is 1.47. The Morgan fingerprint density at radius 2 is 2.21 bits per heavy atom. The molecule has 0 N–H and O–H groups in total. The Kier molecular flexibility index (Phi) is 5.50. The van der Waals surface area contributed by atoms with Crippen LogP contribution in [0.25, 0.3) is 11.5 Å². The van der Waals surface area contributed by atoms with Crippen molar-refractivity contribution in [1.82, 2.24) is 20.0 Å². The van der Waals surface area contributed by atoms with Gasteiger partial charge in [0.15, 0.2) is 5.82 Å². The van der Waals surface area contributed by atoms with E-state index < -0.39 is 0 Å². The van der Waals surface area contributed by atoms with Crippen LogP contribution in [-0.2, 0) is 10.2 Å². The summed E-state index contributed by atoms with van der Waals surface area (Å²) in [4.78, 5) is 24.3. The number of aromatic nitrogens is 3. The maximum atomic E-state index is 12.9. The molecular weight excluding hydrogens is 376 g/mol. The molecule has 0 radical (unpaired) electrons. The van der Waals surface area contributed by atoms with Gasteiger partial charge in [-0.15, -0.1) is 11.3 Å². The predicted molar refractivity (Wildman–Crippen MR) is 105 cm³/mol. The molecule has 1 saturated heterocycles. The Labute approximate surface area is 167 Å². The number of ether oxygens (including phenoxy) is 1. The third kappa shape index (κ3) is 3.70. The molecule has 4 heterocycles. The molecule has 1 atom stereocenters. The van der Waals surface area contributed by atoms with Crippen LogP contribution < -0.4 is 0 Å². The summed E-state index contributed by atoms with van der Waals surface area (Å²) in [5.74, 6) is 1.17. The third-order valence-electron chi connectivity index (χ3n) is 5.21. The molecular formula is C20H22N4O3S. The van der Waals surface area contributed by atoms with Crippen molar-refractivity contribution in [3.05, 3.63) is 52.7 Å². The maximum absolute atomic E-state index is 12.9. The Bertz CT molecular complexity index is 913. The number of piperidine rings is 1. The van der Waals surface area contributed by atoms with Crippen LogP contribution in [0.5, 0.6) is 0 Å². The lowest BCUT2D eigenvalue weighted by atomic mass is 9.76. The summed E-state index contributed by atoms with van der Waals surface area (Å²) < 4.78 is 10.9. The van der Waals surface area contributed by atoms with E-state index in [2.05, 4.69) is 15.1 Å². The molecule has 0 aliphatic carbocycles. The van der Waals surface area contributed by atoms with Crippen molar-refractivity contribution in [1.29, 1.82) is 0 Å². The first-order valence-electron chi connectivity index (χ1n) is 9.28. The number of methoxy groups -OCH3 is 1. The first-order chi connectivity index (χ1) is 13.7. The van der Waals surface area contributed by atoms with Gasteiger partial charge in [0.05, 0.1) is 10.3 Å². The summed E-state index contributed by atoms with van der Waals surface area (Å²) in [7, 11) is 1.68. The fourth-order valence-corrected chi connectivity index (χ4v) is 4.40. The van der Waals surface area contributed by atoms with Gasteiger partial charge in [0.25, 0.3) is 11.8 Å². The van der Waals surface area contributed by atoms with E-state index in [1.807, 2.05) is 34.5 Å². The van der Waals surface area contributed by atoms with Gasteiger partial charge in [-0.25, -0.2) is 0 Å². The van der Waals surface area contributed by atoms with E-state index in [1.165, 1.54) is 11.3 Å².